The van der Waals surface area contributed by atoms with Crippen molar-refractivity contribution in [1.29, 1.82) is 0 Å². The van der Waals surface area contributed by atoms with Crippen LogP contribution in [0.4, 0.5) is 4.79 Å². The number of carbonyl (C=O) groups is 3. The van der Waals surface area contributed by atoms with E-state index in [4.69, 9.17) is 19.0 Å². The lowest BCUT2D eigenvalue weighted by molar-refractivity contribution is -0.172. The van der Waals surface area contributed by atoms with Crippen molar-refractivity contribution in [2.75, 3.05) is 26.4 Å². The topological polar surface area (TPSA) is 140 Å². The van der Waals surface area contributed by atoms with E-state index in [1.807, 2.05) is 114 Å². The first kappa shape index (κ1) is 41.8. The molecule has 3 N–H and O–H groups in total. The molecule has 56 heavy (non-hydrogen) atoms. The normalized spacial score (nSPS) is 12.8. The van der Waals surface area contributed by atoms with Crippen LogP contribution in [0.15, 0.2) is 103 Å². The van der Waals surface area contributed by atoms with Crippen molar-refractivity contribution in [3.63, 3.8) is 0 Å². The maximum atomic E-state index is 14.3. The second kappa shape index (κ2) is 20.0. The van der Waals surface area contributed by atoms with Gasteiger partial charge in [-0.05, 0) is 93.8 Å². The van der Waals surface area contributed by atoms with Crippen LogP contribution >= 0.6 is 0 Å². The number of Topliss-reactive ketones (excluding diaryl/α,β-unsaturated/α-hetero) is 1. The number of hydroxylamine groups is 1. The Labute approximate surface area is 328 Å². The molecule has 1 heterocycles. The Morgan fingerprint density at radius 1 is 0.804 bits per heavy atom. The Bertz CT molecular complexity index is 2050. The average Bonchev–Trinajstić information content (AvgIpc) is 3.18. The highest BCUT2D eigenvalue weighted by molar-refractivity contribution is 6.02. The van der Waals surface area contributed by atoms with E-state index in [-0.39, 0.29) is 24.9 Å². The average molecular weight is 764 g/mol. The van der Waals surface area contributed by atoms with Crippen LogP contribution < -0.4 is 20.9 Å². The minimum Gasteiger partial charge on any atom is -0.488 e. The van der Waals surface area contributed by atoms with Gasteiger partial charge in [-0.25, -0.2) is 10.3 Å². The number of para-hydroxylation sites is 1. The molecular formula is C44H53N5O7. The third-order valence-electron chi connectivity index (χ3n) is 9.04. The van der Waals surface area contributed by atoms with Gasteiger partial charge >= 0.3 is 6.03 Å². The van der Waals surface area contributed by atoms with Gasteiger partial charge in [0.25, 0.3) is 0 Å². The second-order valence-electron chi connectivity index (χ2n) is 14.4. The number of carbonyl (C=O) groups excluding carboxylic acids is 3. The number of ether oxygens (including phenoxy) is 3. The van der Waals surface area contributed by atoms with Crippen LogP contribution in [0.5, 0.6) is 5.75 Å². The minimum atomic E-state index is -1.03. The standard InChI is InChI=1S/C44H53N5O7/c1-7-53-42(54-8-2)30(3)49(27-35-18-12-16-32-19-13-25-45-40(32)35)28-38(41(51)33-21-23-36(24-22-33)56-44(4,5)6)47-39(50)29-55-48-43(52)46-26-34-17-11-15-31-14-9-10-20-37(31)34/h9-25,30,38,42H,7-8,26-29H2,1-6H3,(H,47,50)(H2,46,48,52)/t30-,38-/m0/s1. The number of hydrogen-bond donors (Lipinski definition) is 3. The van der Waals surface area contributed by atoms with Gasteiger partial charge in [-0.2, -0.15) is 0 Å². The van der Waals surface area contributed by atoms with Gasteiger partial charge in [0.15, 0.2) is 18.7 Å². The summed E-state index contributed by atoms with van der Waals surface area (Å²) in [7, 11) is 0. The molecular weight excluding hydrogens is 711 g/mol. The smallest absolute Gasteiger partial charge is 0.338 e. The molecule has 0 unspecified atom stereocenters. The summed E-state index contributed by atoms with van der Waals surface area (Å²) < 4.78 is 18.0. The summed E-state index contributed by atoms with van der Waals surface area (Å²) in [5.41, 5.74) is 4.94. The highest BCUT2D eigenvalue weighted by atomic mass is 16.7. The summed E-state index contributed by atoms with van der Waals surface area (Å²) in [4.78, 5) is 52.5. The van der Waals surface area contributed by atoms with Crippen molar-refractivity contribution in [2.45, 2.75) is 78.6 Å². The van der Waals surface area contributed by atoms with E-state index in [1.54, 1.807) is 30.5 Å². The second-order valence-corrected chi connectivity index (χ2v) is 14.4. The van der Waals surface area contributed by atoms with Crippen LogP contribution in [0.1, 0.15) is 63.0 Å². The number of aromatic nitrogens is 1. The van der Waals surface area contributed by atoms with Crippen LogP contribution in [0.3, 0.4) is 0 Å². The third kappa shape index (κ3) is 11.8. The number of fused-ring (bicyclic) bond motifs is 2. The molecule has 0 saturated heterocycles. The monoisotopic (exact) mass is 763 g/mol. The molecule has 1 aromatic heterocycles. The van der Waals surface area contributed by atoms with Gasteiger partial charge in [-0.15, -0.1) is 0 Å². The molecule has 0 saturated carbocycles. The fraction of sp³-hybridized carbons (Fsp3) is 0.364. The molecule has 0 bridgehead atoms. The summed E-state index contributed by atoms with van der Waals surface area (Å²) in [5.74, 6) is -0.308. The molecule has 5 aromatic rings. The zero-order valence-corrected chi connectivity index (χ0v) is 33.0. The van der Waals surface area contributed by atoms with Crippen molar-refractivity contribution in [2.24, 2.45) is 0 Å². The van der Waals surface area contributed by atoms with Crippen molar-refractivity contribution in [3.8, 4) is 5.75 Å². The van der Waals surface area contributed by atoms with E-state index in [9.17, 15) is 14.4 Å². The van der Waals surface area contributed by atoms with Gasteiger partial charge in [0, 0.05) is 50.0 Å². The van der Waals surface area contributed by atoms with Crippen LogP contribution in [0.25, 0.3) is 21.7 Å². The van der Waals surface area contributed by atoms with Gasteiger partial charge in [0.2, 0.25) is 5.91 Å². The lowest BCUT2D eigenvalue weighted by Gasteiger charge is -2.36. The predicted molar refractivity (Wildman–Crippen MR) is 217 cm³/mol. The molecule has 12 nitrogen and oxygen atoms in total. The molecule has 2 atom stereocenters. The Balaban J connectivity index is 1.34. The molecule has 0 aliphatic heterocycles. The molecule has 0 spiro atoms. The summed E-state index contributed by atoms with van der Waals surface area (Å²) in [5, 5.41) is 8.70. The number of amides is 3. The molecule has 0 fully saturated rings. The molecule has 0 aliphatic carbocycles. The van der Waals surface area contributed by atoms with Gasteiger partial charge in [0.1, 0.15) is 17.4 Å². The number of nitrogens with zero attached hydrogens (tertiary/aromatic N) is 2. The van der Waals surface area contributed by atoms with Crippen molar-refractivity contribution < 1.29 is 33.4 Å². The predicted octanol–water partition coefficient (Wildman–Crippen LogP) is 6.95. The molecule has 5 rings (SSSR count). The van der Waals surface area contributed by atoms with E-state index in [0.717, 1.165) is 32.8 Å². The van der Waals surface area contributed by atoms with Crippen LogP contribution in [-0.2, 0) is 32.2 Å². The Hall–Kier alpha value is -5.40. The van der Waals surface area contributed by atoms with Gasteiger partial charge in [0.05, 0.1) is 11.6 Å². The Kier molecular flexibility index (Phi) is 14.9. The highest BCUT2D eigenvalue weighted by Gasteiger charge is 2.31. The quantitative estimate of drug-likeness (QED) is 0.0463. The fourth-order valence-corrected chi connectivity index (χ4v) is 6.45. The first-order chi connectivity index (χ1) is 27.0. The van der Waals surface area contributed by atoms with E-state index < -0.39 is 36.5 Å². The number of hydrogen-bond acceptors (Lipinski definition) is 9. The van der Waals surface area contributed by atoms with Gasteiger partial charge < -0.3 is 24.8 Å². The number of benzene rings is 4. The summed E-state index contributed by atoms with van der Waals surface area (Å²) in [6.07, 6.45) is 1.13. The number of urea groups is 1. The summed E-state index contributed by atoms with van der Waals surface area (Å²) in [6, 6.07) is 28.5. The first-order valence-electron chi connectivity index (χ1n) is 19.0. The van der Waals surface area contributed by atoms with E-state index in [1.165, 1.54) is 0 Å². The highest BCUT2D eigenvalue weighted by Crippen LogP contribution is 2.23. The number of rotatable bonds is 19. The first-order valence-corrected chi connectivity index (χ1v) is 19.0. The van der Waals surface area contributed by atoms with Gasteiger partial charge in [-0.3, -0.25) is 24.3 Å². The molecule has 0 aliphatic rings. The lowest BCUT2D eigenvalue weighted by atomic mass is 10.0. The van der Waals surface area contributed by atoms with Crippen LogP contribution in [0.2, 0.25) is 0 Å². The molecule has 296 valence electrons. The summed E-state index contributed by atoms with van der Waals surface area (Å²) in [6.45, 7) is 12.6. The molecule has 12 heteroatoms. The fourth-order valence-electron chi connectivity index (χ4n) is 6.45. The SMILES string of the molecule is CCOC(OCC)[C@H](C)N(Cc1cccc2cccnc12)C[C@H](NC(=O)CONC(=O)NCc1cccc2ccccc12)C(=O)c1ccc(OC(C)(C)C)cc1. The van der Waals surface area contributed by atoms with E-state index in [0.29, 0.717) is 31.1 Å². The van der Waals surface area contributed by atoms with E-state index >= 15 is 0 Å². The van der Waals surface area contributed by atoms with Crippen molar-refractivity contribution >= 4 is 39.4 Å². The summed E-state index contributed by atoms with van der Waals surface area (Å²) >= 11 is 0. The van der Waals surface area contributed by atoms with Crippen molar-refractivity contribution in [3.05, 3.63) is 120 Å². The maximum Gasteiger partial charge on any atom is 0.338 e. The Morgan fingerprint density at radius 3 is 2.18 bits per heavy atom. The van der Waals surface area contributed by atoms with Crippen molar-refractivity contribution in [1.82, 2.24) is 26.0 Å². The van der Waals surface area contributed by atoms with Crippen LogP contribution in [-0.4, -0.2) is 77.9 Å². The maximum absolute atomic E-state index is 14.3. The van der Waals surface area contributed by atoms with E-state index in [2.05, 4.69) is 26.0 Å². The van der Waals surface area contributed by atoms with Crippen LogP contribution in [0, 0.1) is 0 Å². The molecule has 0 radical (unpaired) electrons. The molecule has 3 amide bonds. The lowest BCUT2D eigenvalue weighted by Crippen LogP contribution is -2.54. The number of pyridine rings is 1. The third-order valence-corrected chi connectivity index (χ3v) is 9.04. The number of ketones is 1. The largest absolute Gasteiger partial charge is 0.488 e. The number of nitrogens with one attached hydrogen (secondary N) is 3. The minimum absolute atomic E-state index is 0.0881. The zero-order chi connectivity index (χ0) is 40.1. The Morgan fingerprint density at radius 2 is 1.46 bits per heavy atom. The molecule has 4 aromatic carbocycles. The zero-order valence-electron chi connectivity index (χ0n) is 33.0. The van der Waals surface area contributed by atoms with Gasteiger partial charge in [-0.1, -0.05) is 66.7 Å².